The summed E-state index contributed by atoms with van der Waals surface area (Å²) in [5, 5.41) is 0.392. The molecule has 3 atom stereocenters. The molecule has 134 valence electrons. The van der Waals surface area contributed by atoms with E-state index in [9.17, 15) is 8.42 Å². The van der Waals surface area contributed by atoms with Gasteiger partial charge in [0.2, 0.25) is 0 Å². The van der Waals surface area contributed by atoms with E-state index in [1.165, 1.54) is 12.1 Å². The highest BCUT2D eigenvalue weighted by molar-refractivity contribution is 7.92. The minimum atomic E-state index is -3.60. The molecule has 25 heavy (non-hydrogen) atoms. The highest BCUT2D eigenvalue weighted by Crippen LogP contribution is 2.63. The summed E-state index contributed by atoms with van der Waals surface area (Å²) in [7, 11) is -2.04. The summed E-state index contributed by atoms with van der Waals surface area (Å²) in [4.78, 5) is 0.236. The molecule has 0 amide bonds. The van der Waals surface area contributed by atoms with E-state index in [0.29, 0.717) is 10.0 Å². The van der Waals surface area contributed by atoms with Gasteiger partial charge in [0.1, 0.15) is 0 Å². The van der Waals surface area contributed by atoms with Gasteiger partial charge in [0.25, 0.3) is 0 Å². The Morgan fingerprint density at radius 3 is 2.36 bits per heavy atom. The van der Waals surface area contributed by atoms with E-state index in [0.717, 1.165) is 5.56 Å². The number of rotatable bonds is 6. The number of hydrogen-bond acceptors (Lipinski definition) is 4. The Morgan fingerprint density at radius 2 is 1.80 bits per heavy atom. The first kappa shape index (κ1) is 18.7. The van der Waals surface area contributed by atoms with Crippen LogP contribution in [-0.4, -0.2) is 33.9 Å². The van der Waals surface area contributed by atoms with Crippen molar-refractivity contribution < 1.29 is 13.2 Å². The molecule has 0 heterocycles. The summed E-state index contributed by atoms with van der Waals surface area (Å²) in [6.45, 7) is 0.466. The maximum atomic E-state index is 13.2. The highest BCUT2D eigenvalue weighted by atomic mass is 35.5. The predicted octanol–water partition coefficient (Wildman–Crippen LogP) is 3.52. The summed E-state index contributed by atoms with van der Waals surface area (Å²) in [6, 6.07) is 13.5. The summed E-state index contributed by atoms with van der Waals surface area (Å²) < 4.78 is 31.8. The second-order valence-corrected chi connectivity index (χ2v) is 9.26. The average Bonchev–Trinajstić information content (AvgIpc) is 3.26. The Kier molecular flexibility index (Phi) is 5.15. The van der Waals surface area contributed by atoms with E-state index in [-0.39, 0.29) is 24.0 Å². The number of halogens is 2. The lowest BCUT2D eigenvalue weighted by molar-refractivity contribution is 0.142. The largest absolute Gasteiger partial charge is 0.384 e. The highest BCUT2D eigenvalue weighted by Gasteiger charge is 2.70. The van der Waals surface area contributed by atoms with Crippen molar-refractivity contribution in [3.8, 4) is 0 Å². The normalized spacial score (nSPS) is 25.8. The molecule has 0 bridgehead atoms. The van der Waals surface area contributed by atoms with Crippen LogP contribution in [0.25, 0.3) is 0 Å². The smallest absolute Gasteiger partial charge is 0.182 e. The Hall–Kier alpha value is -1.11. The summed E-state index contributed by atoms with van der Waals surface area (Å²) in [5.41, 5.74) is 6.20. The third-order valence-corrected chi connectivity index (χ3v) is 7.68. The molecule has 4 nitrogen and oxygen atoms in total. The number of ether oxygens (including phenoxy) is 1. The quantitative estimate of drug-likeness (QED) is 0.806. The molecule has 1 aliphatic carbocycles. The van der Waals surface area contributed by atoms with Crippen LogP contribution in [0.4, 0.5) is 0 Å². The average molecular weight is 400 g/mol. The van der Waals surface area contributed by atoms with E-state index < -0.39 is 20.5 Å². The zero-order chi connectivity index (χ0) is 18.2. The van der Waals surface area contributed by atoms with Crippen molar-refractivity contribution in [3.63, 3.8) is 0 Å². The Labute approximate surface area is 157 Å². The minimum absolute atomic E-state index is 0.204. The van der Waals surface area contributed by atoms with Crippen molar-refractivity contribution in [1.82, 2.24) is 0 Å². The van der Waals surface area contributed by atoms with Gasteiger partial charge in [-0.2, -0.15) is 0 Å². The van der Waals surface area contributed by atoms with Gasteiger partial charge in [-0.05, 0) is 42.0 Å². The van der Waals surface area contributed by atoms with Gasteiger partial charge in [0.05, 0.1) is 16.8 Å². The van der Waals surface area contributed by atoms with Gasteiger partial charge in [-0.15, -0.1) is 0 Å². The molecule has 2 aromatic rings. The van der Waals surface area contributed by atoms with Crippen LogP contribution >= 0.6 is 23.2 Å². The number of sulfone groups is 1. The van der Waals surface area contributed by atoms with E-state index in [1.54, 1.807) is 31.4 Å². The summed E-state index contributed by atoms with van der Waals surface area (Å²) in [5.74, 6) is -0.267. The Balaban J connectivity index is 2.07. The summed E-state index contributed by atoms with van der Waals surface area (Å²) >= 11 is 12.0. The molecule has 0 spiro atoms. The van der Waals surface area contributed by atoms with E-state index in [1.807, 2.05) is 12.1 Å². The first-order chi connectivity index (χ1) is 11.9. The number of methoxy groups -OCH3 is 1. The van der Waals surface area contributed by atoms with Gasteiger partial charge in [-0.1, -0.05) is 35.3 Å². The molecule has 0 radical (unpaired) electrons. The van der Waals surface area contributed by atoms with Gasteiger partial charge in [-0.3, -0.25) is 0 Å². The number of benzene rings is 2. The molecule has 1 fully saturated rings. The van der Waals surface area contributed by atoms with Gasteiger partial charge < -0.3 is 10.5 Å². The van der Waals surface area contributed by atoms with Crippen LogP contribution in [0.1, 0.15) is 11.5 Å². The fourth-order valence-corrected chi connectivity index (χ4v) is 6.43. The third kappa shape index (κ3) is 3.20. The van der Waals surface area contributed by atoms with E-state index in [2.05, 4.69) is 0 Å². The third-order valence-electron chi connectivity index (χ3n) is 4.86. The molecule has 7 heteroatoms. The van der Waals surface area contributed by atoms with Gasteiger partial charge in [-0.25, -0.2) is 8.42 Å². The fraction of sp³-hybridized carbons (Fsp3) is 0.333. The van der Waals surface area contributed by atoms with E-state index in [4.69, 9.17) is 33.7 Å². The van der Waals surface area contributed by atoms with Crippen LogP contribution < -0.4 is 5.73 Å². The summed E-state index contributed by atoms with van der Waals surface area (Å²) in [6.07, 6.45) is 0. The number of nitrogens with two attached hydrogens (primary N) is 1. The van der Waals surface area contributed by atoms with Gasteiger partial charge >= 0.3 is 0 Å². The molecule has 0 aromatic heterocycles. The van der Waals surface area contributed by atoms with Crippen molar-refractivity contribution in [2.45, 2.75) is 16.1 Å². The van der Waals surface area contributed by atoms with E-state index >= 15 is 0 Å². The first-order valence-corrected chi connectivity index (χ1v) is 10.1. The molecule has 1 saturated carbocycles. The zero-order valence-corrected chi connectivity index (χ0v) is 16.0. The molecule has 0 aliphatic heterocycles. The van der Waals surface area contributed by atoms with Crippen molar-refractivity contribution >= 4 is 33.0 Å². The van der Waals surface area contributed by atoms with Crippen molar-refractivity contribution in [2.24, 2.45) is 11.1 Å². The van der Waals surface area contributed by atoms with Crippen LogP contribution in [-0.2, 0) is 14.6 Å². The van der Waals surface area contributed by atoms with Crippen LogP contribution in [0.2, 0.25) is 10.0 Å². The lowest BCUT2D eigenvalue weighted by atomic mass is 10.00. The standard InChI is InChI=1S/C18H19Cl2NO3S/c1-24-11-18(10-21)16(12-3-2-4-14(20)9-12)17(18)25(22,23)15-7-5-13(19)6-8-15/h2-9,16-17H,10-11,21H2,1H3/t16-,17+,18+/m0/s1. The molecule has 1 aliphatic rings. The molecule has 3 rings (SSSR count). The van der Waals surface area contributed by atoms with Crippen LogP contribution in [0.15, 0.2) is 53.4 Å². The molecule has 2 N–H and O–H groups in total. The van der Waals surface area contributed by atoms with Crippen LogP contribution in [0.5, 0.6) is 0 Å². The molecular weight excluding hydrogens is 381 g/mol. The first-order valence-electron chi connectivity index (χ1n) is 7.81. The lowest BCUT2D eigenvalue weighted by Crippen LogP contribution is -2.28. The maximum absolute atomic E-state index is 13.2. The van der Waals surface area contributed by atoms with Crippen molar-refractivity contribution in [3.05, 3.63) is 64.1 Å². The molecule has 2 aromatic carbocycles. The van der Waals surface area contributed by atoms with Crippen LogP contribution in [0, 0.1) is 5.41 Å². The molecular formula is C18H19Cl2NO3S. The SMILES string of the molecule is COC[C@@]1(CN)[C@H](S(=O)(=O)c2ccc(Cl)cc2)[C@@H]1c1cccc(Cl)c1. The zero-order valence-electron chi connectivity index (χ0n) is 13.7. The van der Waals surface area contributed by atoms with Crippen LogP contribution in [0.3, 0.4) is 0 Å². The Morgan fingerprint density at radius 1 is 1.12 bits per heavy atom. The number of hydrogen-bond donors (Lipinski definition) is 1. The lowest BCUT2D eigenvalue weighted by Gasteiger charge is -2.15. The van der Waals surface area contributed by atoms with Gasteiger partial charge in [0.15, 0.2) is 9.84 Å². The minimum Gasteiger partial charge on any atom is -0.384 e. The van der Waals surface area contributed by atoms with Crippen molar-refractivity contribution in [1.29, 1.82) is 0 Å². The molecule has 0 unspecified atom stereocenters. The topological polar surface area (TPSA) is 69.4 Å². The Bertz CT molecular complexity index is 870. The van der Waals surface area contributed by atoms with Crippen molar-refractivity contribution in [2.75, 3.05) is 20.3 Å². The second-order valence-electron chi connectivity index (χ2n) is 6.32. The second kappa shape index (κ2) is 6.89. The maximum Gasteiger partial charge on any atom is 0.182 e. The molecule has 0 saturated heterocycles. The predicted molar refractivity (Wildman–Crippen MR) is 100.0 cm³/mol. The fourth-order valence-electron chi connectivity index (χ4n) is 3.66. The van der Waals surface area contributed by atoms with Gasteiger partial charge in [0, 0.05) is 35.0 Å². The monoisotopic (exact) mass is 399 g/mol.